The van der Waals surface area contributed by atoms with Gasteiger partial charge in [0.1, 0.15) is 5.69 Å². The van der Waals surface area contributed by atoms with Crippen LogP contribution in [0.4, 0.5) is 0 Å². The highest BCUT2D eigenvalue weighted by atomic mass is 16.5. The molecule has 0 radical (unpaired) electrons. The molecule has 21 heavy (non-hydrogen) atoms. The first-order chi connectivity index (χ1) is 10.0. The highest BCUT2D eigenvalue weighted by Gasteiger charge is 2.21. The highest BCUT2D eigenvalue weighted by Crippen LogP contribution is 2.10. The molecule has 1 N–H and O–H groups in total. The van der Waals surface area contributed by atoms with Gasteiger partial charge >= 0.3 is 0 Å². The predicted octanol–water partition coefficient (Wildman–Crippen LogP) is 1.01. The fourth-order valence-corrected chi connectivity index (χ4v) is 2.57. The van der Waals surface area contributed by atoms with E-state index in [-0.39, 0.29) is 18.1 Å². The van der Waals surface area contributed by atoms with Crippen LogP contribution in [0.1, 0.15) is 36.5 Å². The Morgan fingerprint density at radius 3 is 2.67 bits per heavy atom. The SMILES string of the molecule is Cc1cnc(C(=O)NCCCN2CC(C)OC(C)C2)cn1. The molecule has 2 atom stereocenters. The fraction of sp³-hybridized carbons (Fsp3) is 0.667. The third kappa shape index (κ3) is 5.06. The van der Waals surface area contributed by atoms with Gasteiger partial charge in [-0.3, -0.25) is 14.7 Å². The molecule has 1 saturated heterocycles. The van der Waals surface area contributed by atoms with Crippen LogP contribution >= 0.6 is 0 Å². The molecule has 6 heteroatoms. The molecule has 1 fully saturated rings. The minimum atomic E-state index is -0.161. The van der Waals surface area contributed by atoms with Gasteiger partial charge in [0.15, 0.2) is 0 Å². The standard InChI is InChI=1S/C15H24N4O2/c1-11-7-18-14(8-17-11)15(20)16-5-4-6-19-9-12(2)21-13(3)10-19/h7-8,12-13H,4-6,9-10H2,1-3H3,(H,16,20). The fourth-order valence-electron chi connectivity index (χ4n) is 2.57. The summed E-state index contributed by atoms with van der Waals surface area (Å²) in [6, 6.07) is 0. The van der Waals surface area contributed by atoms with E-state index in [9.17, 15) is 4.79 Å². The number of nitrogens with one attached hydrogen (secondary N) is 1. The minimum Gasteiger partial charge on any atom is -0.373 e. The molecule has 2 unspecified atom stereocenters. The van der Waals surface area contributed by atoms with Gasteiger partial charge in [-0.15, -0.1) is 0 Å². The molecule has 2 heterocycles. The first-order valence-corrected chi connectivity index (χ1v) is 7.49. The maximum Gasteiger partial charge on any atom is 0.271 e. The summed E-state index contributed by atoms with van der Waals surface area (Å²) in [5.41, 5.74) is 1.18. The maximum absolute atomic E-state index is 11.9. The number of nitrogens with zero attached hydrogens (tertiary/aromatic N) is 3. The number of amides is 1. The number of aryl methyl sites for hydroxylation is 1. The number of ether oxygens (including phenoxy) is 1. The van der Waals surface area contributed by atoms with Gasteiger partial charge in [-0.05, 0) is 27.2 Å². The molecular formula is C15H24N4O2. The molecule has 0 saturated carbocycles. The Bertz CT molecular complexity index is 453. The van der Waals surface area contributed by atoms with Crippen LogP contribution < -0.4 is 5.32 Å². The van der Waals surface area contributed by atoms with Gasteiger partial charge in [0, 0.05) is 32.4 Å². The summed E-state index contributed by atoms with van der Waals surface area (Å²) in [6.07, 6.45) is 4.60. The molecule has 0 bridgehead atoms. The number of hydrogen-bond donors (Lipinski definition) is 1. The maximum atomic E-state index is 11.9. The Kier molecular flexibility index (Phi) is 5.64. The zero-order chi connectivity index (χ0) is 15.2. The quantitative estimate of drug-likeness (QED) is 0.821. The summed E-state index contributed by atoms with van der Waals surface area (Å²) in [5, 5.41) is 2.88. The van der Waals surface area contributed by atoms with Gasteiger partial charge in [-0.1, -0.05) is 0 Å². The Labute approximate surface area is 125 Å². The molecule has 1 aromatic rings. The van der Waals surface area contributed by atoms with Crippen LogP contribution in [0.15, 0.2) is 12.4 Å². The summed E-state index contributed by atoms with van der Waals surface area (Å²) in [7, 11) is 0. The molecule has 6 nitrogen and oxygen atoms in total. The van der Waals surface area contributed by atoms with Crippen molar-refractivity contribution in [2.24, 2.45) is 0 Å². The van der Waals surface area contributed by atoms with E-state index in [1.807, 2.05) is 6.92 Å². The van der Waals surface area contributed by atoms with E-state index in [1.54, 1.807) is 6.20 Å². The summed E-state index contributed by atoms with van der Waals surface area (Å²) < 4.78 is 5.70. The van der Waals surface area contributed by atoms with E-state index >= 15 is 0 Å². The Balaban J connectivity index is 1.67. The predicted molar refractivity (Wildman–Crippen MR) is 80.2 cm³/mol. The largest absolute Gasteiger partial charge is 0.373 e. The van der Waals surface area contributed by atoms with Crippen LogP contribution in [0.2, 0.25) is 0 Å². The van der Waals surface area contributed by atoms with Crippen LogP contribution in [-0.4, -0.2) is 59.2 Å². The van der Waals surface area contributed by atoms with Crippen LogP contribution in [-0.2, 0) is 4.74 Å². The number of morpholine rings is 1. The molecule has 116 valence electrons. The third-order valence-corrected chi connectivity index (χ3v) is 3.45. The van der Waals surface area contributed by atoms with Crippen molar-refractivity contribution in [1.29, 1.82) is 0 Å². The highest BCUT2D eigenvalue weighted by molar-refractivity contribution is 5.91. The Morgan fingerprint density at radius 1 is 1.33 bits per heavy atom. The average Bonchev–Trinajstić information content (AvgIpc) is 2.43. The second kappa shape index (κ2) is 7.47. The lowest BCUT2D eigenvalue weighted by molar-refractivity contribution is -0.0679. The van der Waals surface area contributed by atoms with E-state index < -0.39 is 0 Å². The van der Waals surface area contributed by atoms with Gasteiger partial charge in [0.25, 0.3) is 5.91 Å². The van der Waals surface area contributed by atoms with E-state index in [0.29, 0.717) is 12.2 Å². The smallest absolute Gasteiger partial charge is 0.271 e. The van der Waals surface area contributed by atoms with Crippen LogP contribution in [0.5, 0.6) is 0 Å². The molecule has 0 aromatic carbocycles. The zero-order valence-electron chi connectivity index (χ0n) is 13.0. The van der Waals surface area contributed by atoms with Gasteiger partial charge in [-0.25, -0.2) is 4.98 Å². The number of rotatable bonds is 5. The second-order valence-electron chi connectivity index (χ2n) is 5.67. The van der Waals surface area contributed by atoms with Crippen molar-refractivity contribution < 1.29 is 9.53 Å². The number of hydrogen-bond acceptors (Lipinski definition) is 5. The third-order valence-electron chi connectivity index (χ3n) is 3.45. The summed E-state index contributed by atoms with van der Waals surface area (Å²) in [4.78, 5) is 22.4. The van der Waals surface area contributed by atoms with Gasteiger partial charge in [-0.2, -0.15) is 0 Å². The topological polar surface area (TPSA) is 67.4 Å². The summed E-state index contributed by atoms with van der Waals surface area (Å²) in [5.74, 6) is -0.161. The lowest BCUT2D eigenvalue weighted by atomic mass is 10.2. The van der Waals surface area contributed by atoms with Crippen LogP contribution in [0, 0.1) is 6.92 Å². The molecule has 1 amide bonds. The van der Waals surface area contributed by atoms with Crippen molar-refractivity contribution in [3.05, 3.63) is 23.8 Å². The van der Waals surface area contributed by atoms with Crippen LogP contribution in [0.3, 0.4) is 0 Å². The number of carbonyl (C=O) groups is 1. The Morgan fingerprint density at radius 2 is 2.05 bits per heavy atom. The molecule has 2 rings (SSSR count). The number of aromatic nitrogens is 2. The summed E-state index contributed by atoms with van der Waals surface area (Å²) in [6.45, 7) is 9.58. The van der Waals surface area contributed by atoms with Crippen molar-refractivity contribution in [2.75, 3.05) is 26.2 Å². The number of carbonyl (C=O) groups excluding carboxylic acids is 1. The average molecular weight is 292 g/mol. The monoisotopic (exact) mass is 292 g/mol. The van der Waals surface area contributed by atoms with Gasteiger partial charge < -0.3 is 10.1 Å². The van der Waals surface area contributed by atoms with Crippen molar-refractivity contribution in [1.82, 2.24) is 20.2 Å². The second-order valence-corrected chi connectivity index (χ2v) is 5.67. The first-order valence-electron chi connectivity index (χ1n) is 7.49. The van der Waals surface area contributed by atoms with Crippen molar-refractivity contribution in [3.8, 4) is 0 Å². The minimum absolute atomic E-state index is 0.161. The molecule has 1 aromatic heterocycles. The van der Waals surface area contributed by atoms with Crippen LogP contribution in [0.25, 0.3) is 0 Å². The molecule has 0 aliphatic carbocycles. The lowest BCUT2D eigenvalue weighted by Gasteiger charge is -2.35. The molecule has 1 aliphatic rings. The lowest BCUT2D eigenvalue weighted by Crippen LogP contribution is -2.46. The van der Waals surface area contributed by atoms with Gasteiger partial charge in [0.2, 0.25) is 0 Å². The van der Waals surface area contributed by atoms with E-state index in [4.69, 9.17) is 4.74 Å². The molecule has 0 spiro atoms. The van der Waals surface area contributed by atoms with Gasteiger partial charge in [0.05, 0.1) is 24.1 Å². The van der Waals surface area contributed by atoms with Crippen molar-refractivity contribution in [3.63, 3.8) is 0 Å². The normalized spacial score (nSPS) is 23.0. The first kappa shape index (κ1) is 15.9. The summed E-state index contributed by atoms with van der Waals surface area (Å²) >= 11 is 0. The molecule has 1 aliphatic heterocycles. The molecular weight excluding hydrogens is 268 g/mol. The van der Waals surface area contributed by atoms with E-state index in [2.05, 4.69) is 34.0 Å². The zero-order valence-corrected chi connectivity index (χ0v) is 13.0. The van der Waals surface area contributed by atoms with Crippen molar-refractivity contribution >= 4 is 5.91 Å². The van der Waals surface area contributed by atoms with E-state index in [0.717, 1.165) is 31.7 Å². The van der Waals surface area contributed by atoms with E-state index in [1.165, 1.54) is 6.20 Å². The Hall–Kier alpha value is -1.53. The van der Waals surface area contributed by atoms with Crippen molar-refractivity contribution in [2.45, 2.75) is 39.4 Å².